The van der Waals surface area contributed by atoms with Crippen LogP contribution in [-0.2, 0) is 24.0 Å². The second kappa shape index (κ2) is 16.5. The van der Waals surface area contributed by atoms with Crippen molar-refractivity contribution < 1.29 is 28.7 Å². The molecular formula is C41H60N2O6. The topological polar surface area (TPSA) is 94.2 Å². The normalized spacial score (nSPS) is 19.1. The van der Waals surface area contributed by atoms with Crippen LogP contribution in [-0.4, -0.2) is 53.7 Å². The number of hydrogen-bond donors (Lipinski definition) is 1. The molecule has 0 spiro atoms. The van der Waals surface area contributed by atoms with Crippen LogP contribution in [0.5, 0.6) is 5.75 Å². The Hall–Kier alpha value is -3.49. The van der Waals surface area contributed by atoms with Gasteiger partial charge in [0.1, 0.15) is 5.75 Å². The number of ether oxygens (including phenoxy) is 2. The molecule has 1 saturated heterocycles. The number of esters is 2. The molecule has 3 unspecified atom stereocenters. The number of nitrogens with zero attached hydrogens (tertiary/aromatic N) is 1. The Morgan fingerprint density at radius 1 is 0.959 bits per heavy atom. The second-order valence-corrected chi connectivity index (χ2v) is 16.5. The van der Waals surface area contributed by atoms with Crippen molar-refractivity contribution in [3.63, 3.8) is 0 Å². The Balaban J connectivity index is 1.76. The fraction of sp³-hybridized carbons (Fsp3) is 0.585. The third-order valence-corrected chi connectivity index (χ3v) is 9.63. The molecule has 1 aliphatic rings. The molecule has 0 aromatic heterocycles. The standard InChI is InChI=1S/C41H60N2O6/c1-12-41(10,28-38(3,4)5)37(46)42-33-25-39(6,7)43(40(8,9)26-33)48-27-32(24-29(2)31-16-14-13-15-17-31)36(45)49-34-21-18-30(19-22-34)20-23-35(44)47-11/h13-23,29,32-33H,12,24-28H2,1-11H3,(H,42,46)/b23-20+. The summed E-state index contributed by atoms with van der Waals surface area (Å²) in [6.45, 7) is 21.5. The zero-order chi connectivity index (χ0) is 36.6. The van der Waals surface area contributed by atoms with E-state index >= 15 is 0 Å². The number of benzene rings is 2. The Kier molecular flexibility index (Phi) is 13.4. The minimum atomic E-state index is -0.541. The number of hydrogen-bond acceptors (Lipinski definition) is 7. The zero-order valence-electron chi connectivity index (χ0n) is 31.7. The van der Waals surface area contributed by atoms with E-state index in [1.54, 1.807) is 30.3 Å². The van der Waals surface area contributed by atoms with Crippen molar-refractivity contribution in [2.75, 3.05) is 13.7 Å². The highest BCUT2D eigenvalue weighted by atomic mass is 16.7. The van der Waals surface area contributed by atoms with Crippen molar-refractivity contribution in [2.24, 2.45) is 16.7 Å². The lowest BCUT2D eigenvalue weighted by molar-refractivity contribution is -0.289. The van der Waals surface area contributed by atoms with E-state index in [2.05, 4.69) is 91.4 Å². The first-order chi connectivity index (χ1) is 22.8. The summed E-state index contributed by atoms with van der Waals surface area (Å²) in [5.41, 5.74) is 0.687. The van der Waals surface area contributed by atoms with Crippen LogP contribution >= 0.6 is 0 Å². The van der Waals surface area contributed by atoms with Gasteiger partial charge in [-0.2, -0.15) is 5.06 Å². The lowest BCUT2D eigenvalue weighted by Gasteiger charge is -2.54. The van der Waals surface area contributed by atoms with Gasteiger partial charge in [0.2, 0.25) is 5.91 Å². The van der Waals surface area contributed by atoms with E-state index in [9.17, 15) is 14.4 Å². The number of methoxy groups -OCH3 is 1. The lowest BCUT2D eigenvalue weighted by atomic mass is 9.72. The smallest absolute Gasteiger partial charge is 0.330 e. The largest absolute Gasteiger partial charge is 0.466 e. The average Bonchev–Trinajstić information content (AvgIpc) is 3.02. The molecule has 8 heteroatoms. The van der Waals surface area contributed by atoms with Gasteiger partial charge in [-0.3, -0.25) is 14.4 Å². The molecule has 3 rings (SSSR count). The summed E-state index contributed by atoms with van der Waals surface area (Å²) in [5, 5.41) is 5.45. The van der Waals surface area contributed by atoms with E-state index in [0.717, 1.165) is 24.0 Å². The lowest BCUT2D eigenvalue weighted by Crippen LogP contribution is -2.65. The van der Waals surface area contributed by atoms with Crippen LogP contribution in [0.4, 0.5) is 0 Å². The highest BCUT2D eigenvalue weighted by Gasteiger charge is 2.48. The summed E-state index contributed by atoms with van der Waals surface area (Å²) in [4.78, 5) is 45.5. The van der Waals surface area contributed by atoms with Gasteiger partial charge in [0.05, 0.1) is 19.6 Å². The van der Waals surface area contributed by atoms with Crippen LogP contribution < -0.4 is 10.1 Å². The number of nitrogens with one attached hydrogen (secondary N) is 1. The quantitative estimate of drug-likeness (QED) is 0.122. The minimum absolute atomic E-state index is 0.00695. The van der Waals surface area contributed by atoms with Crippen LogP contribution in [0.3, 0.4) is 0 Å². The summed E-state index contributed by atoms with van der Waals surface area (Å²) in [7, 11) is 1.33. The Morgan fingerprint density at radius 3 is 2.08 bits per heavy atom. The Bertz CT molecular complexity index is 1410. The maximum absolute atomic E-state index is 13.8. The predicted octanol–water partition coefficient (Wildman–Crippen LogP) is 8.51. The number of amides is 1. The maximum atomic E-state index is 13.8. The van der Waals surface area contributed by atoms with Gasteiger partial charge in [0.25, 0.3) is 0 Å². The summed E-state index contributed by atoms with van der Waals surface area (Å²) in [6.07, 6.45) is 6.54. The monoisotopic (exact) mass is 676 g/mol. The molecule has 2 aromatic rings. The van der Waals surface area contributed by atoms with Gasteiger partial charge in [0.15, 0.2) is 0 Å². The van der Waals surface area contributed by atoms with E-state index < -0.39 is 28.4 Å². The molecule has 2 aromatic carbocycles. The first-order valence-electron chi connectivity index (χ1n) is 17.7. The zero-order valence-corrected chi connectivity index (χ0v) is 31.7. The van der Waals surface area contributed by atoms with Gasteiger partial charge >= 0.3 is 11.9 Å². The molecule has 8 nitrogen and oxygen atoms in total. The molecule has 3 atom stereocenters. The van der Waals surface area contributed by atoms with Gasteiger partial charge in [-0.25, -0.2) is 4.79 Å². The fourth-order valence-corrected chi connectivity index (χ4v) is 7.43. The van der Waals surface area contributed by atoms with Crippen molar-refractivity contribution in [2.45, 2.75) is 124 Å². The fourth-order valence-electron chi connectivity index (χ4n) is 7.43. The number of hydroxylamine groups is 2. The maximum Gasteiger partial charge on any atom is 0.330 e. The molecule has 1 N–H and O–H groups in total. The molecule has 0 aliphatic carbocycles. The molecule has 1 amide bonds. The summed E-state index contributed by atoms with van der Waals surface area (Å²) >= 11 is 0. The molecular weight excluding hydrogens is 616 g/mol. The van der Waals surface area contributed by atoms with Crippen LogP contribution in [0, 0.1) is 16.7 Å². The first kappa shape index (κ1) is 39.9. The van der Waals surface area contributed by atoms with Gasteiger partial charge in [-0.15, -0.1) is 0 Å². The number of piperidine rings is 1. The van der Waals surface area contributed by atoms with Crippen LogP contribution in [0.15, 0.2) is 60.7 Å². The van der Waals surface area contributed by atoms with Crippen LogP contribution in [0.2, 0.25) is 0 Å². The van der Waals surface area contributed by atoms with E-state index in [0.29, 0.717) is 25.0 Å². The molecule has 49 heavy (non-hydrogen) atoms. The third-order valence-electron chi connectivity index (χ3n) is 9.63. The van der Waals surface area contributed by atoms with E-state index in [4.69, 9.17) is 9.57 Å². The summed E-state index contributed by atoms with van der Waals surface area (Å²) in [6, 6.07) is 17.1. The van der Waals surface area contributed by atoms with Gasteiger partial charge in [0, 0.05) is 28.6 Å². The van der Waals surface area contributed by atoms with E-state index in [1.807, 2.05) is 23.3 Å². The third kappa shape index (κ3) is 11.5. The molecule has 0 saturated carbocycles. The Labute approximate surface area is 294 Å². The van der Waals surface area contributed by atoms with Crippen molar-refractivity contribution in [1.82, 2.24) is 10.4 Å². The van der Waals surface area contributed by atoms with Crippen LogP contribution in [0.1, 0.15) is 118 Å². The molecule has 270 valence electrons. The number of carbonyl (C=O) groups is 3. The van der Waals surface area contributed by atoms with Crippen molar-refractivity contribution in [1.29, 1.82) is 0 Å². The Morgan fingerprint density at radius 2 is 1.55 bits per heavy atom. The molecule has 1 fully saturated rings. The number of rotatable bonds is 14. The van der Waals surface area contributed by atoms with Crippen molar-refractivity contribution >= 4 is 23.9 Å². The molecule has 0 radical (unpaired) electrons. The predicted molar refractivity (Wildman–Crippen MR) is 196 cm³/mol. The minimum Gasteiger partial charge on any atom is -0.466 e. The van der Waals surface area contributed by atoms with E-state index in [1.165, 1.54) is 13.2 Å². The summed E-state index contributed by atoms with van der Waals surface area (Å²) < 4.78 is 10.6. The molecule has 1 aliphatic heterocycles. The van der Waals surface area contributed by atoms with Crippen molar-refractivity contribution in [3.8, 4) is 5.75 Å². The molecule has 0 bridgehead atoms. The number of carbonyl (C=O) groups excluding carboxylic acids is 3. The van der Waals surface area contributed by atoms with Gasteiger partial charge in [-0.1, -0.05) is 84.0 Å². The highest BCUT2D eigenvalue weighted by Crippen LogP contribution is 2.41. The van der Waals surface area contributed by atoms with E-state index in [-0.39, 0.29) is 35.9 Å². The SMILES string of the molecule is CCC(C)(CC(C)(C)C)C(=O)NC1CC(C)(C)N(OCC(CC(C)c2ccccc2)C(=O)Oc2ccc(/C=C/C(=O)OC)cc2)C(C)(C)C1. The first-order valence-corrected chi connectivity index (χ1v) is 17.7. The second-order valence-electron chi connectivity index (χ2n) is 16.5. The summed E-state index contributed by atoms with van der Waals surface area (Å²) in [5.74, 6) is -0.726. The van der Waals surface area contributed by atoms with Gasteiger partial charge in [-0.05, 0) is 100 Å². The van der Waals surface area contributed by atoms with Crippen LogP contribution in [0.25, 0.3) is 6.08 Å². The molecule has 1 heterocycles. The van der Waals surface area contributed by atoms with Gasteiger partial charge < -0.3 is 14.8 Å². The van der Waals surface area contributed by atoms with Crippen molar-refractivity contribution in [3.05, 3.63) is 71.8 Å². The average molecular weight is 677 g/mol. The highest BCUT2D eigenvalue weighted by molar-refractivity contribution is 5.87.